The van der Waals surface area contributed by atoms with Gasteiger partial charge in [0.05, 0.1) is 29.6 Å². The van der Waals surface area contributed by atoms with Gasteiger partial charge in [-0.2, -0.15) is 0 Å². The highest BCUT2D eigenvalue weighted by atomic mass is 35.5. The molecule has 0 unspecified atom stereocenters. The van der Waals surface area contributed by atoms with E-state index < -0.39 is 125 Å². The van der Waals surface area contributed by atoms with Crippen molar-refractivity contribution in [2.75, 3.05) is 37.2 Å². The third kappa shape index (κ3) is 11.6. The van der Waals surface area contributed by atoms with Crippen LogP contribution in [-0.4, -0.2) is 148 Å². The second-order valence-corrected chi connectivity index (χ2v) is 22.7. The Morgan fingerprint density at radius 3 is 2.10 bits per heavy atom. The number of alkyl carbamates (subject to hydrolysis) is 1. The summed E-state index contributed by atoms with van der Waals surface area (Å²) in [4.78, 5) is 96.0. The van der Waals surface area contributed by atoms with Crippen molar-refractivity contribution >= 4 is 75.1 Å². The second kappa shape index (κ2) is 22.7. The van der Waals surface area contributed by atoms with Crippen LogP contribution in [0.4, 0.5) is 9.59 Å². The van der Waals surface area contributed by atoms with E-state index in [1.165, 1.54) is 61.4 Å². The van der Waals surface area contributed by atoms with E-state index in [1.54, 1.807) is 69.3 Å². The van der Waals surface area contributed by atoms with Gasteiger partial charge in [0.2, 0.25) is 6.10 Å². The van der Waals surface area contributed by atoms with Crippen molar-refractivity contribution in [3.05, 3.63) is 82.9 Å². The number of hydrogen-bond acceptors (Lipinski definition) is 20. The van der Waals surface area contributed by atoms with E-state index in [-0.39, 0.29) is 60.1 Å². The number of ketones is 1. The molecule has 6 rings (SSSR count). The van der Waals surface area contributed by atoms with Gasteiger partial charge in [-0.1, -0.05) is 84.0 Å². The molecule has 394 valence electrons. The number of carbonyl (C=O) groups is 7. The highest BCUT2D eigenvalue weighted by molar-refractivity contribution is 8.76. The first kappa shape index (κ1) is 56.4. The summed E-state index contributed by atoms with van der Waals surface area (Å²) in [6, 6.07) is 14.2. The number of aliphatic hydroxyl groups is 3. The predicted molar refractivity (Wildman–Crippen MR) is 260 cm³/mol. The maximum atomic E-state index is 15.2. The van der Waals surface area contributed by atoms with Crippen LogP contribution >= 0.6 is 33.2 Å². The summed E-state index contributed by atoms with van der Waals surface area (Å²) in [6.45, 7) is 11.4. The van der Waals surface area contributed by atoms with Gasteiger partial charge in [-0.05, 0) is 63.5 Å². The Balaban J connectivity index is 1.42. The average Bonchev–Trinajstić information content (AvgIpc) is 3.31. The number of carbonyl (C=O) groups excluding carboxylic acids is 7. The molecular formula is C50H62ClNO18S2. The van der Waals surface area contributed by atoms with Crippen LogP contribution in [0.15, 0.2) is 71.8 Å². The Bertz CT molecular complexity index is 2380. The van der Waals surface area contributed by atoms with Gasteiger partial charge in [0.15, 0.2) is 11.4 Å². The number of aliphatic hydroxyl groups excluding tert-OH is 2. The van der Waals surface area contributed by atoms with Crippen molar-refractivity contribution in [1.82, 2.24) is 5.32 Å². The van der Waals surface area contributed by atoms with Crippen molar-refractivity contribution < 1.29 is 86.8 Å². The fourth-order valence-electron chi connectivity index (χ4n) is 10.3. The van der Waals surface area contributed by atoms with Gasteiger partial charge in [0.1, 0.15) is 60.8 Å². The molecule has 4 N–H and O–H groups in total. The molecule has 1 saturated heterocycles. The lowest BCUT2D eigenvalue weighted by Crippen LogP contribution is -2.81. The molecule has 2 saturated carbocycles. The van der Waals surface area contributed by atoms with E-state index in [9.17, 15) is 39.3 Å². The number of Topliss-reactive ketones (excluding diaryl/α,β-unsaturated/α-hetero) is 1. The maximum absolute atomic E-state index is 15.2. The van der Waals surface area contributed by atoms with E-state index >= 15 is 9.59 Å². The molecule has 2 bridgehead atoms. The Morgan fingerprint density at radius 2 is 1.53 bits per heavy atom. The van der Waals surface area contributed by atoms with E-state index in [2.05, 4.69) is 5.32 Å². The highest BCUT2D eigenvalue weighted by Crippen LogP contribution is 2.64. The SMILES string of the molecule is CC(=O)O[C@@]12CO[C@@H]1C[C@H](O)[C@@]1(C)C(=O)[C@H](O)C3=C(C)[C@@H](OC(=O)[C@H](OC(=O)OCCSSCCOC(=O)CCl)[C@@H](NC(=O)OC(C)(C)C)c4ccccc4)C[C@@](O)([C@@H](OC(=O)c4ccccc4)[C@H]21)C3(C)C. The number of rotatable bonds is 17. The average molecular weight is 1060 g/mol. The molecule has 0 aromatic heterocycles. The van der Waals surface area contributed by atoms with Crippen LogP contribution in [0.25, 0.3) is 0 Å². The molecule has 3 fully saturated rings. The molecule has 4 aliphatic rings. The minimum absolute atomic E-state index is 0.0399. The number of hydrogen-bond donors (Lipinski definition) is 4. The van der Waals surface area contributed by atoms with Crippen molar-refractivity contribution in [1.29, 1.82) is 0 Å². The lowest BCUT2D eigenvalue weighted by Gasteiger charge is -2.67. The highest BCUT2D eigenvalue weighted by Gasteiger charge is 2.78. The quantitative estimate of drug-likeness (QED) is 0.0376. The summed E-state index contributed by atoms with van der Waals surface area (Å²) < 4.78 is 46.1. The van der Waals surface area contributed by atoms with Crippen molar-refractivity contribution in [3.8, 4) is 0 Å². The Labute approximate surface area is 430 Å². The monoisotopic (exact) mass is 1060 g/mol. The van der Waals surface area contributed by atoms with Crippen LogP contribution < -0.4 is 5.32 Å². The van der Waals surface area contributed by atoms with E-state index in [0.29, 0.717) is 5.75 Å². The minimum Gasteiger partial charge on any atom is -0.464 e. The van der Waals surface area contributed by atoms with Gasteiger partial charge in [0, 0.05) is 36.7 Å². The first-order valence-electron chi connectivity index (χ1n) is 23.3. The largest absolute Gasteiger partial charge is 0.509 e. The van der Waals surface area contributed by atoms with Gasteiger partial charge in [-0.3, -0.25) is 14.4 Å². The second-order valence-electron chi connectivity index (χ2n) is 19.8. The standard InChI is InChI=1S/C50H62ClNO18S2/c1-27-31(66-43(59)38(67-45(61)64-20-22-72-71-21-19-63-34(55)25-51)36(29-15-11-9-12-16-29)52-44(60)70-46(3,4)5)24-50(62)41(68-42(58)30-17-13-10-14-18-30)39-48(8,40(57)37(56)35(27)47(50,6)7)32(54)23-33-49(39,26-65-33)69-28(2)53/h9-18,31-33,36-39,41,54,56,62H,19-26H2,1-8H3,(H,52,60)/t31-,32-,33+,36-,37+,38+,39-,41-,48+,49-,50+/m0/s1. The molecule has 11 atom stereocenters. The van der Waals surface area contributed by atoms with Gasteiger partial charge < -0.3 is 58.5 Å². The lowest BCUT2D eigenvalue weighted by molar-refractivity contribution is -0.346. The number of halogens is 1. The molecule has 19 nitrogen and oxygen atoms in total. The molecule has 72 heavy (non-hydrogen) atoms. The van der Waals surface area contributed by atoms with Crippen LogP contribution in [0, 0.1) is 16.7 Å². The summed E-state index contributed by atoms with van der Waals surface area (Å²) in [5.41, 5.74) is -8.84. The van der Waals surface area contributed by atoms with Crippen molar-refractivity contribution in [2.24, 2.45) is 16.7 Å². The third-order valence-corrected chi connectivity index (χ3v) is 16.3. The fourth-order valence-corrected chi connectivity index (χ4v) is 12.0. The molecule has 22 heteroatoms. The number of amides is 1. The number of nitrogens with one attached hydrogen (secondary N) is 1. The minimum atomic E-state index is -2.46. The fraction of sp³-hybridized carbons (Fsp3) is 0.580. The summed E-state index contributed by atoms with van der Waals surface area (Å²) in [5, 5.41) is 40.8. The van der Waals surface area contributed by atoms with E-state index in [0.717, 1.165) is 6.92 Å². The van der Waals surface area contributed by atoms with Crippen LogP contribution in [0.3, 0.4) is 0 Å². The van der Waals surface area contributed by atoms with Gasteiger partial charge in [-0.15, -0.1) is 11.6 Å². The smallest absolute Gasteiger partial charge is 0.464 e. The van der Waals surface area contributed by atoms with E-state index in [1.807, 2.05) is 0 Å². The first-order chi connectivity index (χ1) is 33.8. The summed E-state index contributed by atoms with van der Waals surface area (Å²) in [6.07, 6.45) is -13.5. The summed E-state index contributed by atoms with van der Waals surface area (Å²) in [5.74, 6) is -5.82. The molecule has 3 aliphatic carbocycles. The zero-order chi connectivity index (χ0) is 53.0. The Morgan fingerprint density at radius 1 is 0.917 bits per heavy atom. The lowest BCUT2D eigenvalue weighted by atomic mass is 9.44. The molecule has 1 aliphatic heterocycles. The molecular weight excluding hydrogens is 1000 g/mol. The Hall–Kier alpha value is -4.90. The van der Waals surface area contributed by atoms with Crippen LogP contribution in [-0.2, 0) is 57.1 Å². The topological polar surface area (TPSA) is 266 Å². The van der Waals surface area contributed by atoms with Gasteiger partial charge in [-0.25, -0.2) is 19.2 Å². The number of esters is 4. The van der Waals surface area contributed by atoms with Crippen LogP contribution in [0.1, 0.15) is 90.2 Å². The number of benzene rings is 2. The van der Waals surface area contributed by atoms with Crippen molar-refractivity contribution in [3.63, 3.8) is 0 Å². The molecule has 0 spiro atoms. The van der Waals surface area contributed by atoms with Gasteiger partial charge in [0.25, 0.3) is 0 Å². The Kier molecular flexibility index (Phi) is 17.8. The maximum Gasteiger partial charge on any atom is 0.509 e. The van der Waals surface area contributed by atoms with Crippen molar-refractivity contribution in [2.45, 2.75) is 128 Å². The molecule has 2 aromatic rings. The molecule has 2 aromatic carbocycles. The molecule has 1 amide bonds. The van der Waals surface area contributed by atoms with Crippen LogP contribution in [0.2, 0.25) is 0 Å². The molecule has 1 heterocycles. The molecule has 0 radical (unpaired) electrons. The zero-order valence-corrected chi connectivity index (χ0v) is 43.6. The summed E-state index contributed by atoms with van der Waals surface area (Å²) in [7, 11) is 2.62. The summed E-state index contributed by atoms with van der Waals surface area (Å²) >= 11 is 5.46. The first-order valence-corrected chi connectivity index (χ1v) is 26.3. The number of alkyl halides is 1. The predicted octanol–water partition coefficient (Wildman–Crippen LogP) is 5.58. The zero-order valence-electron chi connectivity index (χ0n) is 41.2. The number of ether oxygens (including phenoxy) is 8. The van der Waals surface area contributed by atoms with E-state index in [4.69, 9.17) is 49.5 Å². The van der Waals surface area contributed by atoms with Gasteiger partial charge >= 0.3 is 36.1 Å². The van der Waals surface area contributed by atoms with Crippen LogP contribution in [0.5, 0.6) is 0 Å². The number of fused-ring (bicyclic) bond motifs is 5. The third-order valence-electron chi connectivity index (χ3n) is 13.8. The normalized spacial score (nSPS) is 29.2.